The third-order valence-electron chi connectivity index (χ3n) is 7.11. The standard InChI is InChI=1S/C26H41N3O4/c1-18-14-29(15-21-9-7-6-8-10-21)19(2)17-33-24-12-11-22(27-20(3)30)13-23(24)26(31)28(4)16-25(18)32-5/h11-13,18-19,21,25H,6-10,14-17H2,1-5H3,(H,27,30)/t18-,19+,25-/m0/s1. The van der Waals surface area contributed by atoms with E-state index in [1.165, 1.54) is 39.0 Å². The molecule has 33 heavy (non-hydrogen) atoms. The number of nitrogens with one attached hydrogen (secondary N) is 1. The minimum absolute atomic E-state index is 0.0673. The molecule has 1 aromatic carbocycles. The first kappa shape index (κ1) is 25.5. The zero-order valence-corrected chi connectivity index (χ0v) is 20.9. The number of fused-ring (bicyclic) bond motifs is 1. The highest BCUT2D eigenvalue weighted by atomic mass is 16.5. The van der Waals surface area contributed by atoms with Crippen LogP contribution in [0.5, 0.6) is 5.75 Å². The van der Waals surface area contributed by atoms with Crippen LogP contribution in [-0.2, 0) is 9.53 Å². The Labute approximate surface area is 198 Å². The van der Waals surface area contributed by atoms with Crippen molar-refractivity contribution < 1.29 is 19.1 Å². The molecule has 7 nitrogen and oxygen atoms in total. The predicted octanol–water partition coefficient (Wildman–Crippen LogP) is 4.03. The van der Waals surface area contributed by atoms with E-state index in [0.29, 0.717) is 30.2 Å². The fourth-order valence-electron chi connectivity index (χ4n) is 5.09. The normalized spacial score (nSPS) is 26.0. The number of anilines is 1. The van der Waals surface area contributed by atoms with Crippen molar-refractivity contribution in [3.8, 4) is 5.75 Å². The van der Waals surface area contributed by atoms with E-state index in [4.69, 9.17) is 9.47 Å². The van der Waals surface area contributed by atoms with Gasteiger partial charge in [0.15, 0.2) is 0 Å². The van der Waals surface area contributed by atoms with Crippen LogP contribution in [0.25, 0.3) is 0 Å². The van der Waals surface area contributed by atoms with Crippen LogP contribution in [0.2, 0.25) is 0 Å². The van der Waals surface area contributed by atoms with E-state index in [0.717, 1.165) is 19.0 Å². The summed E-state index contributed by atoms with van der Waals surface area (Å²) in [6.45, 7) is 8.86. The van der Waals surface area contributed by atoms with Crippen LogP contribution in [-0.4, -0.2) is 74.2 Å². The summed E-state index contributed by atoms with van der Waals surface area (Å²) in [6.07, 6.45) is 6.56. The number of ether oxygens (including phenoxy) is 2. The summed E-state index contributed by atoms with van der Waals surface area (Å²) in [5.41, 5.74) is 1.04. The van der Waals surface area contributed by atoms with Gasteiger partial charge in [0.25, 0.3) is 5.91 Å². The smallest absolute Gasteiger partial charge is 0.257 e. The van der Waals surface area contributed by atoms with Crippen molar-refractivity contribution in [3.63, 3.8) is 0 Å². The Morgan fingerprint density at radius 1 is 1.18 bits per heavy atom. The summed E-state index contributed by atoms with van der Waals surface area (Å²) < 4.78 is 12.1. The van der Waals surface area contributed by atoms with Crippen molar-refractivity contribution in [2.24, 2.45) is 11.8 Å². The van der Waals surface area contributed by atoms with Crippen LogP contribution < -0.4 is 10.1 Å². The van der Waals surface area contributed by atoms with Crippen molar-refractivity contribution in [2.45, 2.75) is 65.0 Å². The topological polar surface area (TPSA) is 71.1 Å². The maximum absolute atomic E-state index is 13.3. The molecule has 0 aromatic heterocycles. The summed E-state index contributed by atoms with van der Waals surface area (Å²) in [5, 5.41) is 2.77. The molecule has 184 valence electrons. The molecule has 3 rings (SSSR count). The predicted molar refractivity (Wildman–Crippen MR) is 131 cm³/mol. The van der Waals surface area contributed by atoms with E-state index in [-0.39, 0.29) is 29.9 Å². The van der Waals surface area contributed by atoms with Gasteiger partial charge in [-0.05, 0) is 49.8 Å². The molecule has 1 N–H and O–H groups in total. The third-order valence-corrected chi connectivity index (χ3v) is 7.11. The molecule has 2 amide bonds. The van der Waals surface area contributed by atoms with E-state index in [1.54, 1.807) is 37.3 Å². The highest BCUT2D eigenvalue weighted by molar-refractivity contribution is 5.99. The van der Waals surface area contributed by atoms with Gasteiger partial charge in [-0.1, -0.05) is 26.2 Å². The van der Waals surface area contributed by atoms with Crippen molar-refractivity contribution in [3.05, 3.63) is 23.8 Å². The van der Waals surface area contributed by atoms with Gasteiger partial charge in [-0.3, -0.25) is 14.5 Å². The van der Waals surface area contributed by atoms with Gasteiger partial charge in [0.2, 0.25) is 5.91 Å². The van der Waals surface area contributed by atoms with E-state index in [1.807, 2.05) is 0 Å². The molecule has 0 unspecified atom stereocenters. The summed E-state index contributed by atoms with van der Waals surface area (Å²) in [4.78, 5) is 29.1. The summed E-state index contributed by atoms with van der Waals surface area (Å²) in [7, 11) is 3.52. The Kier molecular flexibility index (Phi) is 9.15. The average Bonchev–Trinajstić information content (AvgIpc) is 2.80. The quantitative estimate of drug-likeness (QED) is 0.736. The van der Waals surface area contributed by atoms with Gasteiger partial charge in [0, 0.05) is 52.4 Å². The molecule has 0 saturated heterocycles. The fourth-order valence-corrected chi connectivity index (χ4v) is 5.09. The highest BCUT2D eigenvalue weighted by Gasteiger charge is 2.29. The molecular formula is C26H41N3O4. The van der Waals surface area contributed by atoms with Gasteiger partial charge in [0.1, 0.15) is 12.4 Å². The van der Waals surface area contributed by atoms with E-state index < -0.39 is 0 Å². The van der Waals surface area contributed by atoms with Gasteiger partial charge in [0.05, 0.1) is 11.7 Å². The highest BCUT2D eigenvalue weighted by Crippen LogP contribution is 2.28. The van der Waals surface area contributed by atoms with Crippen LogP contribution in [0.1, 0.15) is 63.2 Å². The van der Waals surface area contributed by atoms with Crippen LogP contribution in [0.4, 0.5) is 5.69 Å². The Morgan fingerprint density at radius 2 is 1.91 bits per heavy atom. The van der Waals surface area contributed by atoms with Crippen molar-refractivity contribution >= 4 is 17.5 Å². The largest absolute Gasteiger partial charge is 0.491 e. The zero-order valence-electron chi connectivity index (χ0n) is 20.9. The number of nitrogens with zero attached hydrogens (tertiary/aromatic N) is 2. The van der Waals surface area contributed by atoms with Gasteiger partial charge in [-0.2, -0.15) is 0 Å². The molecule has 1 heterocycles. The number of methoxy groups -OCH3 is 1. The number of carbonyl (C=O) groups is 2. The number of likely N-dealkylation sites (N-methyl/N-ethyl adjacent to an activating group) is 1. The van der Waals surface area contributed by atoms with E-state index in [9.17, 15) is 9.59 Å². The number of benzene rings is 1. The SMILES string of the molecule is CO[C@H]1CN(C)C(=O)c2cc(NC(C)=O)ccc2OC[C@@H](C)N(CC2CCCCC2)C[C@@H]1C. The minimum atomic E-state index is -0.176. The summed E-state index contributed by atoms with van der Waals surface area (Å²) in [5.74, 6) is 1.23. The number of amides is 2. The molecule has 0 bridgehead atoms. The molecular weight excluding hydrogens is 418 g/mol. The molecule has 1 fully saturated rings. The van der Waals surface area contributed by atoms with Crippen LogP contribution >= 0.6 is 0 Å². The zero-order chi connectivity index (χ0) is 24.0. The fraction of sp³-hybridized carbons (Fsp3) is 0.692. The third kappa shape index (κ3) is 6.93. The molecule has 1 aliphatic heterocycles. The van der Waals surface area contributed by atoms with Gasteiger partial charge >= 0.3 is 0 Å². The molecule has 0 spiro atoms. The average molecular weight is 460 g/mol. The van der Waals surface area contributed by atoms with Crippen LogP contribution in [0, 0.1) is 11.8 Å². The Balaban J connectivity index is 1.89. The molecule has 7 heteroatoms. The van der Waals surface area contributed by atoms with E-state index >= 15 is 0 Å². The van der Waals surface area contributed by atoms with Crippen molar-refractivity contribution in [1.82, 2.24) is 9.80 Å². The van der Waals surface area contributed by atoms with E-state index in [2.05, 4.69) is 24.1 Å². The second-order valence-corrected chi connectivity index (χ2v) is 9.95. The maximum Gasteiger partial charge on any atom is 0.257 e. The number of hydrogen-bond acceptors (Lipinski definition) is 5. The van der Waals surface area contributed by atoms with Crippen LogP contribution in [0.15, 0.2) is 18.2 Å². The lowest BCUT2D eigenvalue weighted by atomic mass is 9.88. The van der Waals surface area contributed by atoms with Crippen LogP contribution in [0.3, 0.4) is 0 Å². The first-order chi connectivity index (χ1) is 15.8. The number of hydrogen-bond donors (Lipinski definition) is 1. The maximum atomic E-state index is 13.3. The monoisotopic (exact) mass is 459 g/mol. The van der Waals surface area contributed by atoms with Gasteiger partial charge in [-0.25, -0.2) is 0 Å². The van der Waals surface area contributed by atoms with Crippen molar-refractivity contribution in [2.75, 3.05) is 45.7 Å². The molecule has 0 radical (unpaired) electrons. The Bertz CT molecular complexity index is 809. The first-order valence-electron chi connectivity index (χ1n) is 12.3. The lowest BCUT2D eigenvalue weighted by molar-refractivity contribution is -0.114. The summed E-state index contributed by atoms with van der Waals surface area (Å²) in [6, 6.07) is 5.48. The van der Waals surface area contributed by atoms with Gasteiger partial charge < -0.3 is 19.7 Å². The minimum Gasteiger partial charge on any atom is -0.491 e. The number of carbonyl (C=O) groups excluding carboxylic acids is 2. The molecule has 1 aliphatic carbocycles. The number of rotatable bonds is 4. The molecule has 3 atom stereocenters. The molecule has 1 aromatic rings. The lowest BCUT2D eigenvalue weighted by Gasteiger charge is -2.38. The Morgan fingerprint density at radius 3 is 2.58 bits per heavy atom. The second-order valence-electron chi connectivity index (χ2n) is 9.95. The Hall–Kier alpha value is -2.12. The lowest BCUT2D eigenvalue weighted by Crippen LogP contribution is -2.48. The molecule has 1 saturated carbocycles. The second kappa shape index (κ2) is 11.8. The van der Waals surface area contributed by atoms with Crippen molar-refractivity contribution in [1.29, 1.82) is 0 Å². The first-order valence-corrected chi connectivity index (χ1v) is 12.3. The molecule has 2 aliphatic rings. The van der Waals surface area contributed by atoms with Gasteiger partial charge in [-0.15, -0.1) is 0 Å². The summed E-state index contributed by atoms with van der Waals surface area (Å²) >= 11 is 0.